The topological polar surface area (TPSA) is 73.1 Å². The molecule has 1 heterocycles. The summed E-state index contributed by atoms with van der Waals surface area (Å²) in [7, 11) is 0. The lowest BCUT2D eigenvalue weighted by Crippen LogP contribution is -2.14. The summed E-state index contributed by atoms with van der Waals surface area (Å²) in [5, 5.41) is 3.13. The number of hydrogen-bond acceptors (Lipinski definition) is 5. The van der Waals surface area contributed by atoms with Crippen molar-refractivity contribution in [1.82, 2.24) is 9.97 Å². The number of nitrogen functional groups attached to an aromatic ring is 1. The third kappa shape index (κ3) is 4.13. The van der Waals surface area contributed by atoms with Crippen LogP contribution in [0.3, 0.4) is 0 Å². The van der Waals surface area contributed by atoms with Crippen molar-refractivity contribution in [2.75, 3.05) is 24.2 Å². The zero-order chi connectivity index (χ0) is 13.7. The van der Waals surface area contributed by atoms with E-state index in [1.807, 2.05) is 38.1 Å². The fraction of sp³-hybridized carbons (Fsp3) is 0.286. The Balaban J connectivity index is 1.80. The monoisotopic (exact) mass is 258 g/mol. The minimum atomic E-state index is 0.528. The summed E-state index contributed by atoms with van der Waals surface area (Å²) in [5.74, 6) is 1.40. The second-order valence-electron chi connectivity index (χ2n) is 4.32. The summed E-state index contributed by atoms with van der Waals surface area (Å²) < 4.78 is 5.57. The number of nitrogens with two attached hydrogens (primary N) is 1. The fourth-order valence-corrected chi connectivity index (χ4v) is 1.74. The van der Waals surface area contributed by atoms with Crippen molar-refractivity contribution in [1.29, 1.82) is 0 Å². The molecule has 0 bridgehead atoms. The zero-order valence-corrected chi connectivity index (χ0v) is 11.2. The van der Waals surface area contributed by atoms with Crippen LogP contribution in [0.2, 0.25) is 0 Å². The average molecular weight is 258 g/mol. The van der Waals surface area contributed by atoms with Gasteiger partial charge in [-0.25, -0.2) is 9.97 Å². The highest BCUT2D eigenvalue weighted by molar-refractivity contribution is 5.43. The number of nitrogens with one attached hydrogen (secondary N) is 1. The van der Waals surface area contributed by atoms with Crippen molar-refractivity contribution in [3.8, 4) is 5.75 Å². The lowest BCUT2D eigenvalue weighted by Gasteiger charge is -2.08. The molecule has 5 nitrogen and oxygen atoms in total. The summed E-state index contributed by atoms with van der Waals surface area (Å²) in [5.41, 5.74) is 8.27. The molecule has 0 aliphatic heterocycles. The van der Waals surface area contributed by atoms with Crippen molar-refractivity contribution >= 4 is 11.6 Å². The third-order valence-corrected chi connectivity index (χ3v) is 2.49. The maximum absolute atomic E-state index is 5.67. The Labute approximate surface area is 112 Å². The van der Waals surface area contributed by atoms with Crippen molar-refractivity contribution in [2.24, 2.45) is 0 Å². The van der Waals surface area contributed by atoms with Gasteiger partial charge in [-0.1, -0.05) is 6.07 Å². The highest BCUT2D eigenvalue weighted by Gasteiger charge is 1.99. The molecule has 0 aliphatic carbocycles. The van der Waals surface area contributed by atoms with Gasteiger partial charge in [0.05, 0.1) is 6.54 Å². The molecule has 2 aromatic rings. The summed E-state index contributed by atoms with van der Waals surface area (Å²) >= 11 is 0. The highest BCUT2D eigenvalue weighted by Crippen LogP contribution is 2.14. The van der Waals surface area contributed by atoms with Crippen molar-refractivity contribution in [3.63, 3.8) is 0 Å². The second-order valence-corrected chi connectivity index (χ2v) is 4.32. The minimum absolute atomic E-state index is 0.528. The molecule has 2 rings (SSSR count). The van der Waals surface area contributed by atoms with E-state index in [-0.39, 0.29) is 0 Å². The van der Waals surface area contributed by atoms with Crippen LogP contribution >= 0.6 is 0 Å². The molecular formula is C14H18N4O. The number of ether oxygens (including phenoxy) is 1. The first-order chi connectivity index (χ1) is 9.13. The smallest absolute Gasteiger partial charge is 0.223 e. The number of benzene rings is 1. The molecule has 0 atom stereocenters. The van der Waals surface area contributed by atoms with E-state index in [2.05, 4.69) is 15.3 Å². The molecule has 0 fully saturated rings. The highest BCUT2D eigenvalue weighted by atomic mass is 16.5. The predicted molar refractivity (Wildman–Crippen MR) is 76.3 cm³/mol. The molecule has 0 aliphatic rings. The Morgan fingerprint density at radius 2 is 1.89 bits per heavy atom. The molecule has 0 unspecified atom stereocenters. The van der Waals surface area contributed by atoms with Crippen LogP contribution in [0, 0.1) is 13.8 Å². The lowest BCUT2D eigenvalue weighted by molar-refractivity contribution is 0.333. The Hall–Kier alpha value is -2.30. The van der Waals surface area contributed by atoms with Crippen molar-refractivity contribution in [2.45, 2.75) is 13.8 Å². The first kappa shape index (κ1) is 13.1. The van der Waals surface area contributed by atoms with E-state index in [0.29, 0.717) is 24.8 Å². The SMILES string of the molecule is Cc1cc(C)nc(NCCOc2cccc(N)c2)n1. The van der Waals surface area contributed by atoms with Crippen LogP contribution in [0.4, 0.5) is 11.6 Å². The molecule has 0 saturated heterocycles. The van der Waals surface area contributed by atoms with Gasteiger partial charge in [-0.2, -0.15) is 0 Å². The summed E-state index contributed by atoms with van der Waals surface area (Å²) in [6.45, 7) is 5.06. The standard InChI is InChI=1S/C14H18N4O/c1-10-8-11(2)18-14(17-10)16-6-7-19-13-5-3-4-12(15)9-13/h3-5,8-9H,6-7,15H2,1-2H3,(H,16,17,18). The number of nitrogens with zero attached hydrogens (tertiary/aromatic N) is 2. The van der Waals surface area contributed by atoms with E-state index in [0.717, 1.165) is 17.1 Å². The van der Waals surface area contributed by atoms with Crippen LogP contribution in [0.25, 0.3) is 0 Å². The molecule has 0 amide bonds. The van der Waals surface area contributed by atoms with Crippen LogP contribution in [-0.2, 0) is 0 Å². The number of rotatable bonds is 5. The first-order valence-corrected chi connectivity index (χ1v) is 6.18. The Morgan fingerprint density at radius 1 is 1.16 bits per heavy atom. The zero-order valence-electron chi connectivity index (χ0n) is 11.2. The predicted octanol–water partition coefficient (Wildman–Crippen LogP) is 2.17. The van der Waals surface area contributed by atoms with E-state index in [1.165, 1.54) is 0 Å². The van der Waals surface area contributed by atoms with Crippen LogP contribution < -0.4 is 15.8 Å². The number of aryl methyl sites for hydroxylation is 2. The molecule has 5 heteroatoms. The number of anilines is 2. The molecule has 100 valence electrons. The normalized spacial score (nSPS) is 10.2. The quantitative estimate of drug-likeness (QED) is 0.635. The van der Waals surface area contributed by atoms with Gasteiger partial charge >= 0.3 is 0 Å². The first-order valence-electron chi connectivity index (χ1n) is 6.18. The van der Waals surface area contributed by atoms with E-state index in [1.54, 1.807) is 6.07 Å². The van der Waals surface area contributed by atoms with E-state index >= 15 is 0 Å². The van der Waals surface area contributed by atoms with Gasteiger partial charge < -0.3 is 15.8 Å². The summed E-state index contributed by atoms with van der Waals surface area (Å²) in [4.78, 5) is 8.59. The molecule has 0 spiro atoms. The van der Waals surface area contributed by atoms with Crippen molar-refractivity contribution < 1.29 is 4.74 Å². The van der Waals surface area contributed by atoms with Crippen LogP contribution in [0.5, 0.6) is 5.75 Å². The Morgan fingerprint density at radius 3 is 2.58 bits per heavy atom. The summed E-state index contributed by atoms with van der Waals surface area (Å²) in [6.07, 6.45) is 0. The van der Waals surface area contributed by atoms with Crippen LogP contribution in [0.1, 0.15) is 11.4 Å². The molecule has 1 aromatic heterocycles. The van der Waals surface area contributed by atoms with Gasteiger partial charge in [-0.15, -0.1) is 0 Å². The molecule has 1 aromatic carbocycles. The van der Waals surface area contributed by atoms with Crippen LogP contribution in [0.15, 0.2) is 30.3 Å². The molecule has 3 N–H and O–H groups in total. The molecule has 0 radical (unpaired) electrons. The Bertz CT molecular complexity index is 537. The maximum Gasteiger partial charge on any atom is 0.223 e. The van der Waals surface area contributed by atoms with Crippen molar-refractivity contribution in [3.05, 3.63) is 41.7 Å². The van der Waals surface area contributed by atoms with E-state index in [9.17, 15) is 0 Å². The average Bonchev–Trinajstić information content (AvgIpc) is 2.34. The van der Waals surface area contributed by atoms with Gasteiger partial charge in [-0.3, -0.25) is 0 Å². The van der Waals surface area contributed by atoms with Gasteiger partial charge in [0.15, 0.2) is 0 Å². The Kier molecular flexibility index (Phi) is 4.18. The van der Waals surface area contributed by atoms with Gasteiger partial charge in [0.2, 0.25) is 5.95 Å². The number of hydrogen-bond donors (Lipinski definition) is 2. The van der Waals surface area contributed by atoms with Crippen LogP contribution in [-0.4, -0.2) is 23.1 Å². The summed E-state index contributed by atoms with van der Waals surface area (Å²) in [6, 6.07) is 9.31. The third-order valence-electron chi connectivity index (χ3n) is 2.49. The van der Waals surface area contributed by atoms with E-state index < -0.39 is 0 Å². The van der Waals surface area contributed by atoms with Gasteiger partial charge in [-0.05, 0) is 32.0 Å². The molecule has 0 saturated carbocycles. The maximum atomic E-state index is 5.67. The second kappa shape index (κ2) is 6.04. The molecule has 19 heavy (non-hydrogen) atoms. The minimum Gasteiger partial charge on any atom is -0.492 e. The lowest BCUT2D eigenvalue weighted by atomic mass is 10.3. The largest absolute Gasteiger partial charge is 0.492 e. The number of aromatic nitrogens is 2. The van der Waals surface area contributed by atoms with E-state index in [4.69, 9.17) is 10.5 Å². The molecular weight excluding hydrogens is 240 g/mol. The van der Waals surface area contributed by atoms with Gasteiger partial charge in [0.25, 0.3) is 0 Å². The fourth-order valence-electron chi connectivity index (χ4n) is 1.74. The van der Waals surface area contributed by atoms with Gasteiger partial charge in [0.1, 0.15) is 12.4 Å². The van der Waals surface area contributed by atoms with Gasteiger partial charge in [0, 0.05) is 23.1 Å².